The zero-order valence-electron chi connectivity index (χ0n) is 17.8. The van der Waals surface area contributed by atoms with Gasteiger partial charge in [0.1, 0.15) is 11.5 Å². The number of pyridine rings is 1. The van der Waals surface area contributed by atoms with Crippen molar-refractivity contribution in [1.29, 1.82) is 0 Å². The number of hydrogen-bond acceptors (Lipinski definition) is 6. The predicted octanol–water partition coefficient (Wildman–Crippen LogP) is 2.82. The molecule has 0 amide bonds. The lowest BCUT2D eigenvalue weighted by molar-refractivity contribution is 0.522. The number of hydrogen-bond donors (Lipinski definition) is 1. The summed E-state index contributed by atoms with van der Waals surface area (Å²) in [6, 6.07) is 14.3. The fourth-order valence-corrected chi connectivity index (χ4v) is 5.46. The highest BCUT2D eigenvalue weighted by atomic mass is 32.2. The van der Waals surface area contributed by atoms with Crippen molar-refractivity contribution < 1.29 is 8.42 Å². The molecule has 1 saturated heterocycles. The summed E-state index contributed by atoms with van der Waals surface area (Å²) in [6.07, 6.45) is 6.61. The van der Waals surface area contributed by atoms with Crippen molar-refractivity contribution in [1.82, 2.24) is 9.55 Å². The molecular formula is C23H29N5O2S. The van der Waals surface area contributed by atoms with Gasteiger partial charge in [0, 0.05) is 61.8 Å². The molecule has 164 valence electrons. The van der Waals surface area contributed by atoms with Crippen LogP contribution in [0, 0.1) is 0 Å². The van der Waals surface area contributed by atoms with Gasteiger partial charge < -0.3 is 20.1 Å². The van der Waals surface area contributed by atoms with Crippen LogP contribution >= 0.6 is 0 Å². The molecule has 1 aromatic carbocycles. The van der Waals surface area contributed by atoms with Crippen molar-refractivity contribution in [3.8, 4) is 0 Å². The van der Waals surface area contributed by atoms with Crippen molar-refractivity contribution in [2.45, 2.75) is 36.2 Å². The molecule has 3 heterocycles. The van der Waals surface area contributed by atoms with Crippen LogP contribution in [0.15, 0.2) is 53.6 Å². The SMILES string of the molecule is CS(=O)(=O)c1ccc(N2CCN(c3ccc4ccn([C@H]5CC[C@@H](N)C5)c4n3)CC2)cc1. The maximum Gasteiger partial charge on any atom is 0.175 e. The topological polar surface area (TPSA) is 84.5 Å². The van der Waals surface area contributed by atoms with Crippen molar-refractivity contribution in [3.05, 3.63) is 48.7 Å². The van der Waals surface area contributed by atoms with Crippen LogP contribution in [0.2, 0.25) is 0 Å². The molecule has 2 fully saturated rings. The number of sulfone groups is 1. The molecule has 2 aliphatic rings. The van der Waals surface area contributed by atoms with Crippen LogP contribution < -0.4 is 15.5 Å². The van der Waals surface area contributed by atoms with E-state index in [9.17, 15) is 8.42 Å². The Bertz CT molecular complexity index is 1180. The van der Waals surface area contributed by atoms with Gasteiger partial charge in [0.05, 0.1) is 4.90 Å². The molecular weight excluding hydrogens is 410 g/mol. The lowest BCUT2D eigenvalue weighted by atomic mass is 10.2. The lowest BCUT2D eigenvalue weighted by Crippen LogP contribution is -2.46. The number of benzene rings is 1. The first-order chi connectivity index (χ1) is 14.9. The van der Waals surface area contributed by atoms with Crippen LogP contribution in [-0.4, -0.2) is 56.4 Å². The summed E-state index contributed by atoms with van der Waals surface area (Å²) < 4.78 is 25.7. The minimum absolute atomic E-state index is 0.296. The molecule has 0 unspecified atom stereocenters. The third-order valence-electron chi connectivity index (χ3n) is 6.62. The highest BCUT2D eigenvalue weighted by Crippen LogP contribution is 2.32. The van der Waals surface area contributed by atoms with Crippen molar-refractivity contribution in [2.75, 3.05) is 42.2 Å². The summed E-state index contributed by atoms with van der Waals surface area (Å²) in [5.41, 5.74) is 8.24. The van der Waals surface area contributed by atoms with Crippen LogP contribution in [0.3, 0.4) is 0 Å². The van der Waals surface area contributed by atoms with E-state index in [0.29, 0.717) is 17.0 Å². The minimum Gasteiger partial charge on any atom is -0.368 e. The molecule has 1 saturated carbocycles. The molecule has 0 bridgehead atoms. The van der Waals surface area contributed by atoms with E-state index < -0.39 is 9.84 Å². The van der Waals surface area contributed by atoms with Crippen molar-refractivity contribution in [3.63, 3.8) is 0 Å². The summed E-state index contributed by atoms with van der Waals surface area (Å²) in [7, 11) is -3.17. The number of nitrogens with two attached hydrogens (primary N) is 1. The second-order valence-electron chi connectivity index (χ2n) is 8.77. The van der Waals surface area contributed by atoms with Gasteiger partial charge in [0.15, 0.2) is 9.84 Å². The summed E-state index contributed by atoms with van der Waals surface area (Å²) in [6.45, 7) is 3.50. The van der Waals surface area contributed by atoms with Gasteiger partial charge >= 0.3 is 0 Å². The fraction of sp³-hybridized carbons (Fsp3) is 0.435. The molecule has 0 radical (unpaired) electrons. The molecule has 7 nitrogen and oxygen atoms in total. The third-order valence-corrected chi connectivity index (χ3v) is 7.75. The maximum atomic E-state index is 11.7. The highest BCUT2D eigenvalue weighted by molar-refractivity contribution is 7.90. The molecule has 2 aromatic heterocycles. The fourth-order valence-electron chi connectivity index (χ4n) is 4.83. The Hall–Kier alpha value is -2.58. The molecule has 1 aliphatic carbocycles. The Labute approximate surface area is 183 Å². The molecule has 2 N–H and O–H groups in total. The Morgan fingerprint density at radius 2 is 1.65 bits per heavy atom. The van der Waals surface area contributed by atoms with E-state index in [4.69, 9.17) is 10.7 Å². The Morgan fingerprint density at radius 1 is 0.935 bits per heavy atom. The average Bonchev–Trinajstić information content (AvgIpc) is 3.38. The molecule has 8 heteroatoms. The largest absolute Gasteiger partial charge is 0.368 e. The standard InChI is InChI=1S/C23H29N5O2S/c1-31(29,30)21-7-5-19(6-8-21)26-12-14-27(15-13-26)22-9-2-17-10-11-28(23(17)25-22)20-4-3-18(24)16-20/h2,5-11,18,20H,3-4,12-16,24H2,1H3/t18-,20+/m1/s1. The van der Waals surface area contributed by atoms with Crippen LogP contribution in [0.1, 0.15) is 25.3 Å². The predicted molar refractivity (Wildman–Crippen MR) is 125 cm³/mol. The zero-order valence-corrected chi connectivity index (χ0v) is 18.6. The third kappa shape index (κ3) is 4.02. The van der Waals surface area contributed by atoms with E-state index in [1.807, 2.05) is 12.1 Å². The van der Waals surface area contributed by atoms with Gasteiger partial charge in [-0.2, -0.15) is 0 Å². The summed E-state index contributed by atoms with van der Waals surface area (Å²) >= 11 is 0. The van der Waals surface area contributed by atoms with Crippen LogP contribution in [0.25, 0.3) is 11.0 Å². The number of anilines is 2. The number of rotatable bonds is 4. The monoisotopic (exact) mass is 439 g/mol. The Balaban J connectivity index is 1.30. The lowest BCUT2D eigenvalue weighted by Gasteiger charge is -2.36. The quantitative estimate of drug-likeness (QED) is 0.673. The van der Waals surface area contributed by atoms with E-state index in [1.54, 1.807) is 12.1 Å². The van der Waals surface area contributed by atoms with Gasteiger partial charge in [-0.25, -0.2) is 13.4 Å². The number of piperazine rings is 1. The first kappa shape index (κ1) is 20.3. The number of fused-ring (bicyclic) bond motifs is 1. The molecule has 3 aromatic rings. The van der Waals surface area contributed by atoms with Crippen LogP contribution in [0.4, 0.5) is 11.5 Å². The number of aromatic nitrogens is 2. The molecule has 31 heavy (non-hydrogen) atoms. The van der Waals surface area contributed by atoms with Gasteiger partial charge in [-0.15, -0.1) is 0 Å². The summed E-state index contributed by atoms with van der Waals surface area (Å²) in [5, 5.41) is 1.17. The van der Waals surface area contributed by atoms with Crippen LogP contribution in [0.5, 0.6) is 0 Å². The first-order valence-electron chi connectivity index (χ1n) is 10.9. The zero-order chi connectivity index (χ0) is 21.6. The van der Waals surface area contributed by atoms with Crippen molar-refractivity contribution >= 4 is 32.4 Å². The minimum atomic E-state index is -3.17. The average molecular weight is 440 g/mol. The normalized spacial score (nSPS) is 22.4. The van der Waals surface area contributed by atoms with Gasteiger partial charge in [-0.05, 0) is 61.7 Å². The van der Waals surface area contributed by atoms with Gasteiger partial charge in [0.2, 0.25) is 0 Å². The number of nitrogens with zero attached hydrogens (tertiary/aromatic N) is 4. The first-order valence-corrected chi connectivity index (χ1v) is 12.8. The maximum absolute atomic E-state index is 11.7. The van der Waals surface area contributed by atoms with Crippen molar-refractivity contribution in [2.24, 2.45) is 5.73 Å². The van der Waals surface area contributed by atoms with Gasteiger partial charge in [0.25, 0.3) is 0 Å². The summed E-state index contributed by atoms with van der Waals surface area (Å²) in [5.74, 6) is 1.02. The highest BCUT2D eigenvalue weighted by Gasteiger charge is 2.25. The molecule has 1 aliphatic heterocycles. The second kappa shape index (κ2) is 7.84. The molecule has 5 rings (SSSR count). The van der Waals surface area contributed by atoms with E-state index in [2.05, 4.69) is 38.8 Å². The van der Waals surface area contributed by atoms with Gasteiger partial charge in [-0.3, -0.25) is 0 Å². The second-order valence-corrected chi connectivity index (χ2v) is 10.8. The molecule has 0 spiro atoms. The van der Waals surface area contributed by atoms with E-state index in [0.717, 1.165) is 62.6 Å². The Kier molecular flexibility index (Phi) is 5.14. The Morgan fingerprint density at radius 3 is 2.29 bits per heavy atom. The van der Waals surface area contributed by atoms with E-state index >= 15 is 0 Å². The smallest absolute Gasteiger partial charge is 0.175 e. The molecule has 2 atom stereocenters. The van der Waals surface area contributed by atoms with E-state index in [-0.39, 0.29) is 0 Å². The van der Waals surface area contributed by atoms with E-state index in [1.165, 1.54) is 11.6 Å². The van der Waals surface area contributed by atoms with Gasteiger partial charge in [-0.1, -0.05) is 0 Å². The van der Waals surface area contributed by atoms with Crippen LogP contribution in [-0.2, 0) is 9.84 Å². The summed E-state index contributed by atoms with van der Waals surface area (Å²) in [4.78, 5) is 10.0.